The molecule has 1 saturated carbocycles. The number of nitrogens with one attached hydrogen (secondary N) is 1. The van der Waals surface area contributed by atoms with Gasteiger partial charge in [-0.1, -0.05) is 0 Å². The molecule has 0 unspecified atom stereocenters. The predicted molar refractivity (Wildman–Crippen MR) is 118 cm³/mol. The molecule has 3 aromatic rings. The molecule has 2 fully saturated rings. The fourth-order valence-electron chi connectivity index (χ4n) is 4.01. The highest BCUT2D eigenvalue weighted by Crippen LogP contribution is 2.35. The zero-order valence-electron chi connectivity index (χ0n) is 17.8. The molecular formula is C23H25FN6O2. The number of ether oxygens (including phenoxy) is 1. The molecule has 5 rings (SSSR count). The molecule has 1 saturated heterocycles. The van der Waals surface area contributed by atoms with Gasteiger partial charge in [0.15, 0.2) is 5.82 Å². The van der Waals surface area contributed by atoms with Crippen molar-refractivity contribution in [3.05, 3.63) is 42.3 Å². The molecular weight excluding hydrogens is 411 g/mol. The molecule has 0 bridgehead atoms. The van der Waals surface area contributed by atoms with E-state index in [9.17, 15) is 9.50 Å². The summed E-state index contributed by atoms with van der Waals surface area (Å²) in [5, 5.41) is 30.4. The summed E-state index contributed by atoms with van der Waals surface area (Å²) in [6, 6.07) is 8.28. The Labute approximate surface area is 185 Å². The van der Waals surface area contributed by atoms with Crippen molar-refractivity contribution < 1.29 is 14.2 Å². The van der Waals surface area contributed by atoms with Crippen LogP contribution in [0, 0.1) is 11.7 Å². The van der Waals surface area contributed by atoms with E-state index in [1.54, 1.807) is 12.1 Å². The summed E-state index contributed by atoms with van der Waals surface area (Å²) < 4.78 is 19.9. The Morgan fingerprint density at radius 2 is 2.00 bits per heavy atom. The van der Waals surface area contributed by atoms with Gasteiger partial charge in [-0.25, -0.2) is 4.39 Å². The Morgan fingerprint density at radius 1 is 1.12 bits per heavy atom. The maximum absolute atomic E-state index is 14.9. The molecule has 0 radical (unpaired) electrons. The van der Waals surface area contributed by atoms with Gasteiger partial charge < -0.3 is 20.1 Å². The first kappa shape index (κ1) is 20.6. The summed E-state index contributed by atoms with van der Waals surface area (Å²) in [5.41, 5.74) is 1.34. The fraction of sp³-hybridized carbons (Fsp3) is 0.391. The van der Waals surface area contributed by atoms with Crippen molar-refractivity contribution in [1.82, 2.24) is 25.7 Å². The number of hydrogen-bond donors (Lipinski definition) is 2. The molecule has 1 aromatic carbocycles. The van der Waals surface area contributed by atoms with E-state index in [-0.39, 0.29) is 22.8 Å². The number of methoxy groups -OCH3 is 1. The lowest BCUT2D eigenvalue weighted by molar-refractivity contribution is 0.392. The maximum Gasteiger partial charge on any atom is 0.233 e. The van der Waals surface area contributed by atoms with Gasteiger partial charge in [-0.15, -0.1) is 15.3 Å². The summed E-state index contributed by atoms with van der Waals surface area (Å²) in [4.78, 5) is 2.20. The van der Waals surface area contributed by atoms with Crippen LogP contribution in [0.1, 0.15) is 19.3 Å². The van der Waals surface area contributed by atoms with Crippen molar-refractivity contribution in [2.45, 2.75) is 25.3 Å². The lowest BCUT2D eigenvalue weighted by atomic mass is 10.0. The van der Waals surface area contributed by atoms with Crippen LogP contribution in [0.4, 0.5) is 10.2 Å². The molecule has 9 heteroatoms. The average molecular weight is 436 g/mol. The number of benzene rings is 1. The molecule has 1 aliphatic carbocycles. The Kier molecular flexibility index (Phi) is 5.57. The van der Waals surface area contributed by atoms with Gasteiger partial charge in [0.25, 0.3) is 0 Å². The number of aromatic nitrogens is 4. The maximum atomic E-state index is 14.9. The van der Waals surface area contributed by atoms with Crippen LogP contribution in [-0.2, 0) is 0 Å². The number of hydrogen-bond acceptors (Lipinski definition) is 8. The molecule has 2 aliphatic rings. The van der Waals surface area contributed by atoms with Crippen LogP contribution in [-0.4, -0.2) is 58.3 Å². The fourth-order valence-corrected chi connectivity index (χ4v) is 4.01. The molecule has 166 valence electrons. The Bertz CT molecular complexity index is 1110. The molecule has 3 heterocycles. The first-order valence-electron chi connectivity index (χ1n) is 10.8. The predicted octanol–water partition coefficient (Wildman–Crippen LogP) is 3.03. The highest BCUT2D eigenvalue weighted by Gasteiger charge is 2.27. The van der Waals surface area contributed by atoms with Crippen LogP contribution >= 0.6 is 0 Å². The van der Waals surface area contributed by atoms with Crippen LogP contribution in [0.15, 0.2) is 36.5 Å². The van der Waals surface area contributed by atoms with Crippen LogP contribution in [0.2, 0.25) is 0 Å². The minimum Gasteiger partial charge on any atom is -0.507 e. The monoisotopic (exact) mass is 436 g/mol. The topological polar surface area (TPSA) is 96.3 Å². The Balaban J connectivity index is 1.32. The van der Waals surface area contributed by atoms with Crippen LogP contribution in [0.5, 0.6) is 11.6 Å². The molecule has 1 atom stereocenters. The van der Waals surface area contributed by atoms with Gasteiger partial charge in [-0.3, -0.25) is 0 Å². The van der Waals surface area contributed by atoms with Crippen molar-refractivity contribution in [3.8, 4) is 34.0 Å². The largest absolute Gasteiger partial charge is 0.507 e. The van der Waals surface area contributed by atoms with Crippen molar-refractivity contribution in [1.29, 1.82) is 0 Å². The summed E-state index contributed by atoms with van der Waals surface area (Å²) in [6.45, 7) is 2.93. The number of phenolic OH excluding ortho intramolecular Hbond substituents is 1. The van der Waals surface area contributed by atoms with Crippen molar-refractivity contribution in [3.63, 3.8) is 0 Å². The number of halogens is 1. The molecule has 2 aromatic heterocycles. The summed E-state index contributed by atoms with van der Waals surface area (Å²) in [7, 11) is 1.46. The van der Waals surface area contributed by atoms with E-state index in [1.165, 1.54) is 38.3 Å². The zero-order valence-corrected chi connectivity index (χ0v) is 17.8. The molecule has 0 spiro atoms. The Hall–Kier alpha value is -3.33. The lowest BCUT2D eigenvalue weighted by Gasteiger charge is -2.17. The van der Waals surface area contributed by atoms with Crippen LogP contribution in [0.25, 0.3) is 22.4 Å². The normalized spacial score (nSPS) is 18.2. The summed E-state index contributed by atoms with van der Waals surface area (Å²) in [6.07, 6.45) is 5.19. The van der Waals surface area contributed by atoms with Gasteiger partial charge >= 0.3 is 0 Å². The number of aromatic hydroxyl groups is 1. The smallest absolute Gasteiger partial charge is 0.233 e. The number of rotatable bonds is 7. The van der Waals surface area contributed by atoms with Gasteiger partial charge in [0.1, 0.15) is 11.6 Å². The third-order valence-electron chi connectivity index (χ3n) is 6.07. The molecule has 0 amide bonds. The van der Waals surface area contributed by atoms with Crippen LogP contribution in [0.3, 0.4) is 0 Å². The minimum absolute atomic E-state index is 0.0928. The van der Waals surface area contributed by atoms with E-state index in [1.807, 2.05) is 6.07 Å². The summed E-state index contributed by atoms with van der Waals surface area (Å²) in [5.74, 6) is 1.31. The second kappa shape index (κ2) is 8.66. The van der Waals surface area contributed by atoms with Crippen molar-refractivity contribution >= 4 is 5.82 Å². The van der Waals surface area contributed by atoms with E-state index in [2.05, 4.69) is 30.6 Å². The SMILES string of the molecule is COc1cc(-c2cc(O)c(-c3ccc(N4CC[C@H](NCC5CC5)C4)nn3)cc2F)cnn1. The molecule has 8 nitrogen and oxygen atoms in total. The third-order valence-corrected chi connectivity index (χ3v) is 6.07. The number of nitrogens with zero attached hydrogens (tertiary/aromatic N) is 5. The minimum atomic E-state index is -0.511. The molecule has 2 N–H and O–H groups in total. The second-order valence-corrected chi connectivity index (χ2v) is 8.40. The second-order valence-electron chi connectivity index (χ2n) is 8.40. The van der Waals surface area contributed by atoms with E-state index in [0.717, 1.165) is 37.8 Å². The summed E-state index contributed by atoms with van der Waals surface area (Å²) >= 11 is 0. The molecule has 1 aliphatic heterocycles. The van der Waals surface area contributed by atoms with Gasteiger partial charge in [-0.05, 0) is 56.0 Å². The van der Waals surface area contributed by atoms with E-state index >= 15 is 0 Å². The average Bonchev–Trinajstić information content (AvgIpc) is 3.54. The van der Waals surface area contributed by atoms with Gasteiger partial charge in [0.2, 0.25) is 5.88 Å². The quantitative estimate of drug-likeness (QED) is 0.584. The highest BCUT2D eigenvalue weighted by atomic mass is 19.1. The zero-order chi connectivity index (χ0) is 22.1. The van der Waals surface area contributed by atoms with Crippen molar-refractivity contribution in [2.75, 3.05) is 31.6 Å². The molecule has 32 heavy (non-hydrogen) atoms. The first-order chi connectivity index (χ1) is 15.6. The van der Waals surface area contributed by atoms with E-state index in [0.29, 0.717) is 17.3 Å². The number of phenols is 1. The van der Waals surface area contributed by atoms with Gasteiger partial charge in [-0.2, -0.15) is 5.10 Å². The third kappa shape index (κ3) is 4.34. The standard InChI is InChI=1S/C23H25FN6O2/c1-32-23-8-15(12-26-29-23)17-10-21(31)18(9-19(17)24)20-4-5-22(28-27-20)30-7-6-16(13-30)25-11-14-2-3-14/h4-5,8-10,12,14,16,25,31H,2-3,6-7,11,13H2,1H3/t16-/m0/s1. The van der Waals surface area contributed by atoms with Gasteiger partial charge in [0, 0.05) is 41.9 Å². The Morgan fingerprint density at radius 3 is 2.75 bits per heavy atom. The van der Waals surface area contributed by atoms with Crippen molar-refractivity contribution in [2.24, 2.45) is 5.92 Å². The lowest BCUT2D eigenvalue weighted by Crippen LogP contribution is -2.34. The highest BCUT2D eigenvalue weighted by molar-refractivity contribution is 5.75. The van der Waals surface area contributed by atoms with Gasteiger partial charge in [0.05, 0.1) is 19.0 Å². The first-order valence-corrected chi connectivity index (χ1v) is 10.8. The van der Waals surface area contributed by atoms with E-state index < -0.39 is 5.82 Å². The number of anilines is 1. The van der Waals surface area contributed by atoms with E-state index in [4.69, 9.17) is 4.74 Å². The van der Waals surface area contributed by atoms with Crippen LogP contribution < -0.4 is 15.0 Å².